The minimum atomic E-state index is -0.567. The van der Waals surface area contributed by atoms with Gasteiger partial charge >= 0.3 is 5.97 Å². The van der Waals surface area contributed by atoms with Crippen LogP contribution in [-0.2, 0) is 20.7 Å². The number of thiazole rings is 1. The van der Waals surface area contributed by atoms with Gasteiger partial charge in [-0.25, -0.2) is 4.98 Å². The topological polar surface area (TPSA) is 60.4 Å². The van der Waals surface area contributed by atoms with Crippen LogP contribution in [0, 0.1) is 5.41 Å². The summed E-state index contributed by atoms with van der Waals surface area (Å²) >= 11 is 1.58. The Morgan fingerprint density at radius 3 is 2.88 bits per heavy atom. The van der Waals surface area contributed by atoms with Crippen LogP contribution >= 0.6 is 11.3 Å². The zero-order chi connectivity index (χ0) is 18.2. The molecule has 1 saturated heterocycles. The first-order valence-electron chi connectivity index (χ1n) is 9.24. The van der Waals surface area contributed by atoms with E-state index in [1.165, 1.54) is 0 Å². The fourth-order valence-corrected chi connectivity index (χ4v) is 4.06. The number of aromatic nitrogens is 1. The number of cyclic esters (lactones) is 1. The van der Waals surface area contributed by atoms with Crippen molar-refractivity contribution in [3.8, 4) is 0 Å². The van der Waals surface area contributed by atoms with E-state index < -0.39 is 5.41 Å². The second-order valence-corrected chi connectivity index (χ2v) is 7.84. The first-order chi connectivity index (χ1) is 12.7. The van der Waals surface area contributed by atoms with E-state index in [2.05, 4.69) is 17.2 Å². The van der Waals surface area contributed by atoms with Gasteiger partial charge in [0.1, 0.15) is 0 Å². The monoisotopic (exact) mass is 374 g/mol. The van der Waals surface area contributed by atoms with Gasteiger partial charge in [0, 0.05) is 36.2 Å². The van der Waals surface area contributed by atoms with Crippen molar-refractivity contribution in [1.82, 2.24) is 4.98 Å². The lowest BCUT2D eigenvalue weighted by Crippen LogP contribution is -2.34. The second-order valence-electron chi connectivity index (χ2n) is 6.73. The predicted molar refractivity (Wildman–Crippen MR) is 104 cm³/mol. The number of carbonyl (C=O) groups excluding carboxylic acids is 1. The number of rotatable bonds is 10. The molecule has 1 atom stereocenters. The molecule has 0 radical (unpaired) electrons. The Morgan fingerprint density at radius 1 is 1.31 bits per heavy atom. The van der Waals surface area contributed by atoms with Crippen LogP contribution in [0.25, 0.3) is 0 Å². The van der Waals surface area contributed by atoms with E-state index in [1.54, 1.807) is 11.3 Å². The zero-order valence-electron chi connectivity index (χ0n) is 15.2. The summed E-state index contributed by atoms with van der Waals surface area (Å²) in [6.07, 6.45) is 6.52. The van der Waals surface area contributed by atoms with Gasteiger partial charge in [-0.05, 0) is 18.6 Å². The number of anilines is 2. The maximum atomic E-state index is 12.4. The predicted octanol–water partition coefficient (Wildman–Crippen LogP) is 4.57. The number of nitrogens with zero attached hydrogens (tertiary/aromatic N) is 1. The summed E-state index contributed by atoms with van der Waals surface area (Å²) in [7, 11) is 0. The summed E-state index contributed by atoms with van der Waals surface area (Å²) in [6.45, 7) is 3.77. The molecule has 6 heteroatoms. The van der Waals surface area contributed by atoms with Crippen molar-refractivity contribution in [2.75, 3.05) is 25.1 Å². The summed E-state index contributed by atoms with van der Waals surface area (Å²) in [5.74, 6) is -0.140. The van der Waals surface area contributed by atoms with Crippen molar-refractivity contribution in [1.29, 1.82) is 0 Å². The molecule has 2 heterocycles. The molecule has 0 spiro atoms. The Bertz CT molecular complexity index is 704. The third-order valence-electron chi connectivity index (χ3n) is 4.61. The first-order valence-corrected chi connectivity index (χ1v) is 10.1. The lowest BCUT2D eigenvalue weighted by atomic mass is 9.83. The SMILES string of the molecule is CCCCCOCC1(Cc2cnc(Nc3ccccc3)s2)CCOC1=O. The van der Waals surface area contributed by atoms with E-state index in [1.807, 2.05) is 36.5 Å². The van der Waals surface area contributed by atoms with E-state index in [4.69, 9.17) is 9.47 Å². The quantitative estimate of drug-likeness (QED) is 0.488. The number of carbonyl (C=O) groups is 1. The number of hydrogen-bond acceptors (Lipinski definition) is 6. The fraction of sp³-hybridized carbons (Fsp3) is 0.500. The van der Waals surface area contributed by atoms with Crippen LogP contribution in [0.15, 0.2) is 36.5 Å². The van der Waals surface area contributed by atoms with Crippen LogP contribution < -0.4 is 5.32 Å². The Labute approximate surface area is 158 Å². The largest absolute Gasteiger partial charge is 0.465 e. The minimum Gasteiger partial charge on any atom is -0.465 e. The highest BCUT2D eigenvalue weighted by Gasteiger charge is 2.45. The van der Waals surface area contributed by atoms with Gasteiger partial charge in [0.05, 0.1) is 18.6 Å². The van der Waals surface area contributed by atoms with Gasteiger partial charge in [0.15, 0.2) is 5.13 Å². The summed E-state index contributed by atoms with van der Waals surface area (Å²) in [4.78, 5) is 17.9. The zero-order valence-corrected chi connectivity index (χ0v) is 16.0. The number of unbranched alkanes of at least 4 members (excludes halogenated alkanes) is 2. The maximum absolute atomic E-state index is 12.4. The second kappa shape index (κ2) is 9.14. The van der Waals surface area contributed by atoms with E-state index in [0.717, 1.165) is 35.0 Å². The molecular formula is C20H26N2O3S. The van der Waals surface area contributed by atoms with Crippen molar-refractivity contribution in [3.63, 3.8) is 0 Å². The molecule has 2 aromatic rings. The van der Waals surface area contributed by atoms with Crippen molar-refractivity contribution < 1.29 is 14.3 Å². The van der Waals surface area contributed by atoms with Gasteiger partial charge in [-0.3, -0.25) is 4.79 Å². The van der Waals surface area contributed by atoms with Crippen LogP contribution in [0.1, 0.15) is 37.5 Å². The Hall–Kier alpha value is -1.92. The average molecular weight is 375 g/mol. The van der Waals surface area contributed by atoms with Crippen molar-refractivity contribution in [3.05, 3.63) is 41.4 Å². The highest BCUT2D eigenvalue weighted by Crippen LogP contribution is 2.37. The number of benzene rings is 1. The number of esters is 1. The van der Waals surface area contributed by atoms with Gasteiger partial charge < -0.3 is 14.8 Å². The van der Waals surface area contributed by atoms with Crippen molar-refractivity contribution >= 4 is 28.1 Å². The molecule has 1 aromatic heterocycles. The lowest BCUT2D eigenvalue weighted by Gasteiger charge is -2.23. The van der Waals surface area contributed by atoms with Gasteiger partial charge in [-0.2, -0.15) is 0 Å². The molecule has 0 aliphatic carbocycles. The number of para-hydroxylation sites is 1. The Balaban J connectivity index is 1.61. The third-order valence-corrected chi connectivity index (χ3v) is 5.52. The molecule has 1 fully saturated rings. The fourth-order valence-electron chi connectivity index (χ4n) is 3.08. The molecule has 1 unspecified atom stereocenters. The highest BCUT2D eigenvalue weighted by molar-refractivity contribution is 7.15. The summed E-state index contributed by atoms with van der Waals surface area (Å²) in [5.41, 5.74) is 0.436. The average Bonchev–Trinajstić information content (AvgIpc) is 3.23. The normalized spacial score (nSPS) is 19.5. The standard InChI is InChI=1S/C20H26N2O3S/c1-2-3-7-11-24-15-20(10-12-25-18(20)23)13-17-14-21-19(26-17)22-16-8-5-4-6-9-16/h4-6,8-9,14H,2-3,7,10-13,15H2,1H3,(H,21,22). The highest BCUT2D eigenvalue weighted by atomic mass is 32.1. The van der Waals surface area contributed by atoms with Gasteiger partial charge in [-0.1, -0.05) is 38.0 Å². The minimum absolute atomic E-state index is 0.140. The molecule has 1 aliphatic rings. The Kier molecular flexibility index (Phi) is 6.63. The molecule has 1 aromatic carbocycles. The van der Waals surface area contributed by atoms with E-state index >= 15 is 0 Å². The van der Waals surface area contributed by atoms with Crippen molar-refractivity contribution in [2.24, 2.45) is 5.41 Å². The van der Waals surface area contributed by atoms with E-state index in [-0.39, 0.29) is 5.97 Å². The molecule has 0 saturated carbocycles. The third kappa shape index (κ3) is 4.83. The molecule has 1 N–H and O–H groups in total. The molecular weight excluding hydrogens is 348 g/mol. The first kappa shape index (κ1) is 18.9. The summed E-state index contributed by atoms with van der Waals surface area (Å²) in [6, 6.07) is 9.95. The van der Waals surface area contributed by atoms with Gasteiger partial charge in [-0.15, -0.1) is 11.3 Å². The number of hydrogen-bond donors (Lipinski definition) is 1. The van der Waals surface area contributed by atoms with Gasteiger partial charge in [0.25, 0.3) is 0 Å². The summed E-state index contributed by atoms with van der Waals surface area (Å²) in [5, 5.41) is 4.13. The van der Waals surface area contributed by atoms with Gasteiger partial charge in [0.2, 0.25) is 0 Å². The van der Waals surface area contributed by atoms with Crippen LogP contribution in [-0.4, -0.2) is 30.8 Å². The maximum Gasteiger partial charge on any atom is 0.314 e. The number of ether oxygens (including phenoxy) is 2. The molecule has 26 heavy (non-hydrogen) atoms. The van der Waals surface area contributed by atoms with Crippen LogP contribution in [0.4, 0.5) is 10.8 Å². The molecule has 1 aliphatic heterocycles. The van der Waals surface area contributed by atoms with E-state index in [0.29, 0.717) is 32.7 Å². The van der Waals surface area contributed by atoms with Crippen LogP contribution in [0.3, 0.4) is 0 Å². The smallest absolute Gasteiger partial charge is 0.314 e. The van der Waals surface area contributed by atoms with Crippen LogP contribution in [0.2, 0.25) is 0 Å². The summed E-state index contributed by atoms with van der Waals surface area (Å²) < 4.78 is 11.1. The van der Waals surface area contributed by atoms with E-state index in [9.17, 15) is 4.79 Å². The molecule has 5 nitrogen and oxygen atoms in total. The molecule has 0 amide bonds. The lowest BCUT2D eigenvalue weighted by molar-refractivity contribution is -0.149. The van der Waals surface area contributed by atoms with Crippen LogP contribution in [0.5, 0.6) is 0 Å². The van der Waals surface area contributed by atoms with Crippen molar-refractivity contribution in [2.45, 2.75) is 39.0 Å². The number of nitrogens with one attached hydrogen (secondary N) is 1. The molecule has 140 valence electrons. The Morgan fingerprint density at radius 2 is 2.15 bits per heavy atom. The molecule has 3 rings (SSSR count). The molecule has 0 bridgehead atoms.